The van der Waals surface area contributed by atoms with Gasteiger partial charge in [0.15, 0.2) is 0 Å². The number of non-ortho nitro benzene ring substituents is 1. The maximum Gasteiger partial charge on any atom is 0.270 e. The molecule has 0 fully saturated rings. The van der Waals surface area contributed by atoms with Gasteiger partial charge < -0.3 is 27.0 Å². The number of halogens is 2. The van der Waals surface area contributed by atoms with Crippen LogP contribution in [0.3, 0.4) is 0 Å². The SMILES string of the molecule is CCCNc1nc(Nc2cccc(F)c2)ncc1CSc1cccc(N)c1.CCCNc1nc(Nc2cccc(F)c2)ncc1CSc1cccc([N+](=O)[O-])c1. The number of rotatable bonds is 17. The summed E-state index contributed by atoms with van der Waals surface area (Å²) >= 11 is 3.15. The lowest BCUT2D eigenvalue weighted by atomic mass is 10.3. The molecule has 0 amide bonds. The van der Waals surface area contributed by atoms with Gasteiger partial charge in [-0.2, -0.15) is 9.97 Å². The monoisotopic (exact) mass is 796 g/mol. The molecule has 12 nitrogen and oxygen atoms in total. The Labute approximate surface area is 332 Å². The lowest BCUT2D eigenvalue weighted by Crippen LogP contribution is -2.08. The largest absolute Gasteiger partial charge is 0.399 e. The number of nitro groups is 1. The molecule has 4 aromatic carbocycles. The predicted octanol–water partition coefficient (Wildman–Crippen LogP) is 10.4. The maximum absolute atomic E-state index is 13.4. The summed E-state index contributed by atoms with van der Waals surface area (Å²) in [6.45, 7) is 5.70. The summed E-state index contributed by atoms with van der Waals surface area (Å²) < 4.78 is 26.7. The molecule has 2 aromatic heterocycles. The number of nitrogens with one attached hydrogen (secondary N) is 4. The third-order valence-corrected chi connectivity index (χ3v) is 9.74. The molecule has 0 aliphatic heterocycles. The molecule has 0 saturated carbocycles. The number of nitrogens with zero attached hydrogens (tertiary/aromatic N) is 5. The highest BCUT2D eigenvalue weighted by Gasteiger charge is 2.12. The fourth-order valence-corrected chi connectivity index (χ4v) is 6.78. The van der Waals surface area contributed by atoms with Crippen LogP contribution in [0.15, 0.2) is 119 Å². The molecule has 0 atom stereocenters. The second kappa shape index (κ2) is 21.2. The van der Waals surface area contributed by atoms with Crippen LogP contribution in [0.2, 0.25) is 0 Å². The van der Waals surface area contributed by atoms with Crippen LogP contribution in [-0.4, -0.2) is 37.9 Å². The summed E-state index contributed by atoms with van der Waals surface area (Å²) in [5.74, 6) is 2.86. The Bertz CT molecular complexity index is 2220. The van der Waals surface area contributed by atoms with Gasteiger partial charge in [0, 0.05) is 87.1 Å². The smallest absolute Gasteiger partial charge is 0.270 e. The number of anilines is 7. The predicted molar refractivity (Wildman–Crippen MR) is 224 cm³/mol. The van der Waals surface area contributed by atoms with Gasteiger partial charge in [-0.15, -0.1) is 23.5 Å². The third-order valence-electron chi connectivity index (χ3n) is 7.65. The Morgan fingerprint density at radius 2 is 1.16 bits per heavy atom. The van der Waals surface area contributed by atoms with Crippen molar-refractivity contribution in [2.75, 3.05) is 40.1 Å². The zero-order valence-electron chi connectivity index (χ0n) is 30.8. The van der Waals surface area contributed by atoms with Crippen molar-refractivity contribution < 1.29 is 13.7 Å². The van der Waals surface area contributed by atoms with Crippen molar-refractivity contribution in [2.24, 2.45) is 0 Å². The summed E-state index contributed by atoms with van der Waals surface area (Å²) in [5.41, 5.74) is 9.69. The molecule has 6 N–H and O–H groups in total. The maximum atomic E-state index is 13.4. The van der Waals surface area contributed by atoms with E-state index >= 15 is 0 Å². The van der Waals surface area contributed by atoms with Crippen LogP contribution < -0.4 is 27.0 Å². The molecule has 2 heterocycles. The van der Waals surface area contributed by atoms with Crippen molar-refractivity contribution in [3.63, 3.8) is 0 Å². The zero-order chi connectivity index (χ0) is 39.7. The molecular weight excluding hydrogens is 755 g/mol. The quantitative estimate of drug-likeness (QED) is 0.0256. The number of hydrogen-bond donors (Lipinski definition) is 5. The molecular formula is C40H42F2N10O2S2. The zero-order valence-corrected chi connectivity index (χ0v) is 32.5. The van der Waals surface area contributed by atoms with E-state index in [1.54, 1.807) is 60.6 Å². The second-order valence-corrected chi connectivity index (χ2v) is 14.3. The van der Waals surface area contributed by atoms with Crippen LogP contribution in [0.25, 0.3) is 0 Å². The lowest BCUT2D eigenvalue weighted by molar-refractivity contribution is -0.385. The number of thioether (sulfide) groups is 2. The minimum Gasteiger partial charge on any atom is -0.399 e. The number of benzene rings is 4. The van der Waals surface area contributed by atoms with E-state index in [-0.39, 0.29) is 17.3 Å². The van der Waals surface area contributed by atoms with Crippen molar-refractivity contribution >= 4 is 69.8 Å². The highest BCUT2D eigenvalue weighted by molar-refractivity contribution is 7.98. The molecule has 6 rings (SSSR count). The van der Waals surface area contributed by atoms with E-state index in [4.69, 9.17) is 5.73 Å². The number of nitro benzene ring substituents is 1. The first-order chi connectivity index (χ1) is 27.2. The minimum absolute atomic E-state index is 0.0604. The normalized spacial score (nSPS) is 10.6. The Morgan fingerprint density at radius 3 is 1.62 bits per heavy atom. The van der Waals surface area contributed by atoms with Crippen molar-refractivity contribution in [2.45, 2.75) is 48.0 Å². The van der Waals surface area contributed by atoms with Gasteiger partial charge >= 0.3 is 0 Å². The van der Waals surface area contributed by atoms with E-state index in [0.29, 0.717) is 34.8 Å². The van der Waals surface area contributed by atoms with Crippen molar-refractivity contribution in [3.8, 4) is 0 Å². The van der Waals surface area contributed by atoms with E-state index in [1.165, 1.54) is 42.1 Å². The van der Waals surface area contributed by atoms with Crippen LogP contribution in [0.4, 0.5) is 55.1 Å². The molecule has 0 saturated heterocycles. The van der Waals surface area contributed by atoms with Crippen LogP contribution >= 0.6 is 23.5 Å². The van der Waals surface area contributed by atoms with E-state index in [2.05, 4.69) is 55.1 Å². The minimum atomic E-state index is -0.408. The first-order valence-electron chi connectivity index (χ1n) is 17.8. The number of nitrogen functional groups attached to an aromatic ring is 1. The molecule has 0 spiro atoms. The number of aromatic nitrogens is 4. The molecule has 16 heteroatoms. The third kappa shape index (κ3) is 13.1. The average molecular weight is 797 g/mol. The fraction of sp³-hybridized carbons (Fsp3) is 0.200. The van der Waals surface area contributed by atoms with Gasteiger partial charge in [0.25, 0.3) is 5.69 Å². The lowest BCUT2D eigenvalue weighted by Gasteiger charge is -2.13. The van der Waals surface area contributed by atoms with Crippen molar-refractivity contribution in [1.82, 2.24) is 19.9 Å². The topological polar surface area (TPSA) is 169 Å². The van der Waals surface area contributed by atoms with E-state index < -0.39 is 4.92 Å². The van der Waals surface area contributed by atoms with E-state index in [0.717, 1.165) is 64.1 Å². The molecule has 0 radical (unpaired) electrons. The highest BCUT2D eigenvalue weighted by atomic mass is 32.2. The molecule has 0 bridgehead atoms. The van der Waals surface area contributed by atoms with Crippen LogP contribution in [0.1, 0.15) is 37.8 Å². The van der Waals surface area contributed by atoms with Crippen molar-refractivity contribution in [1.29, 1.82) is 0 Å². The second-order valence-electron chi connectivity index (χ2n) is 12.2. The van der Waals surface area contributed by atoms with Gasteiger partial charge in [-0.25, -0.2) is 18.7 Å². The standard InChI is InChI=1S/C20H20FN5O2S.C20H22FN5S/c1-2-9-22-19-14(13-29-18-8-4-7-17(11-18)26(27)28)12-23-20(25-19)24-16-6-3-5-15(21)10-16;1-2-9-23-19-14(13-27-18-8-4-6-16(22)11-18)12-24-20(26-19)25-17-7-3-5-15(21)10-17/h3-8,10-12H,2,9,13H2,1H3,(H2,22,23,24,25);3-8,10-12H,2,9,13,22H2,1H3,(H2,23,24,25,26). The molecule has 0 aliphatic rings. The Morgan fingerprint density at radius 1 is 0.679 bits per heavy atom. The van der Waals surface area contributed by atoms with Gasteiger partial charge in [0.1, 0.15) is 23.3 Å². The summed E-state index contributed by atoms with van der Waals surface area (Å²) in [6, 6.07) is 26.6. The number of nitrogens with two attached hydrogens (primary N) is 1. The number of hydrogen-bond acceptors (Lipinski definition) is 13. The van der Waals surface area contributed by atoms with Gasteiger partial charge in [-0.05, 0) is 73.5 Å². The van der Waals surface area contributed by atoms with Gasteiger partial charge in [0.05, 0.1) is 4.92 Å². The van der Waals surface area contributed by atoms with Crippen molar-refractivity contribution in [3.05, 3.63) is 142 Å². The molecule has 0 aliphatic carbocycles. The highest BCUT2D eigenvalue weighted by Crippen LogP contribution is 2.30. The summed E-state index contributed by atoms with van der Waals surface area (Å²) in [4.78, 5) is 30.2. The first-order valence-corrected chi connectivity index (χ1v) is 19.8. The van der Waals surface area contributed by atoms with Crippen LogP contribution in [-0.2, 0) is 11.5 Å². The van der Waals surface area contributed by atoms with Gasteiger partial charge in [0.2, 0.25) is 11.9 Å². The summed E-state index contributed by atoms with van der Waals surface area (Å²) in [7, 11) is 0. The summed E-state index contributed by atoms with van der Waals surface area (Å²) in [5, 5.41) is 23.6. The average Bonchev–Trinajstić information content (AvgIpc) is 3.19. The van der Waals surface area contributed by atoms with E-state index in [1.807, 2.05) is 30.3 Å². The van der Waals surface area contributed by atoms with Gasteiger partial charge in [-0.1, -0.05) is 38.1 Å². The molecule has 56 heavy (non-hydrogen) atoms. The Balaban J connectivity index is 0.000000215. The molecule has 6 aromatic rings. The summed E-state index contributed by atoms with van der Waals surface area (Å²) in [6.07, 6.45) is 5.41. The van der Waals surface area contributed by atoms with Crippen LogP contribution in [0, 0.1) is 21.7 Å². The Hall–Kier alpha value is -6.00. The Kier molecular flexibility index (Phi) is 15.6. The van der Waals surface area contributed by atoms with Gasteiger partial charge in [-0.3, -0.25) is 10.1 Å². The fourth-order valence-electron chi connectivity index (χ4n) is 4.94. The molecule has 290 valence electrons. The van der Waals surface area contributed by atoms with E-state index in [9.17, 15) is 18.9 Å². The molecule has 0 unspecified atom stereocenters. The van der Waals surface area contributed by atoms with Crippen LogP contribution in [0.5, 0.6) is 0 Å². The first kappa shape index (κ1) is 41.2.